The van der Waals surface area contributed by atoms with Crippen molar-refractivity contribution in [3.05, 3.63) is 102 Å². The minimum absolute atomic E-state index is 0.0305. The van der Waals surface area contributed by atoms with Gasteiger partial charge in [-0.25, -0.2) is 0 Å². The summed E-state index contributed by atoms with van der Waals surface area (Å²) in [7, 11) is 0. The highest BCUT2D eigenvalue weighted by molar-refractivity contribution is 5.94. The fraction of sp³-hybridized carbons (Fsp3) is 0.375. The highest BCUT2D eigenvalue weighted by atomic mass is 16.5. The summed E-state index contributed by atoms with van der Waals surface area (Å²) in [4.78, 5) is 17.6. The summed E-state index contributed by atoms with van der Waals surface area (Å²) >= 11 is 0. The monoisotopic (exact) mass is 525 g/mol. The Morgan fingerprint density at radius 1 is 1.00 bits per heavy atom. The average Bonchev–Trinajstić information content (AvgIpc) is 2.96. The quantitative estimate of drug-likeness (QED) is 0.447. The molecule has 2 aromatic rings. The number of nitrogens with zero attached hydrogens (tertiary/aromatic N) is 3. The van der Waals surface area contributed by atoms with Crippen molar-refractivity contribution in [1.82, 2.24) is 15.1 Å². The SMILES string of the molecule is C=C(/C=C\C=C/N)CN1CCC(NC(=O)c2ccc(OC3CCN(Cc4ccc(C#N)cc4)CC3)cc2)CC1. The number of hydrogen-bond donors (Lipinski definition) is 2. The molecule has 2 aromatic carbocycles. The number of rotatable bonds is 10. The van der Waals surface area contributed by atoms with E-state index in [9.17, 15) is 4.79 Å². The van der Waals surface area contributed by atoms with Gasteiger partial charge in [-0.1, -0.05) is 30.9 Å². The van der Waals surface area contributed by atoms with Crippen LogP contribution in [0.1, 0.15) is 47.2 Å². The van der Waals surface area contributed by atoms with Crippen LogP contribution in [0.25, 0.3) is 0 Å². The molecule has 39 heavy (non-hydrogen) atoms. The Kier molecular flexibility index (Phi) is 10.4. The lowest BCUT2D eigenvalue weighted by Gasteiger charge is -2.32. The smallest absolute Gasteiger partial charge is 0.251 e. The van der Waals surface area contributed by atoms with Crippen molar-refractivity contribution >= 4 is 5.91 Å². The van der Waals surface area contributed by atoms with E-state index in [1.807, 2.05) is 60.7 Å². The zero-order chi connectivity index (χ0) is 27.5. The molecule has 0 aromatic heterocycles. The minimum atomic E-state index is -0.0305. The standard InChI is InChI=1S/C32H39N5O2/c1-25(4-2-3-17-33)23-36-18-13-29(14-19-36)35-32(38)28-9-11-30(12-10-28)39-31-15-20-37(21-16-31)24-27-7-5-26(22-34)6-8-27/h2-12,17,29,31H,1,13-16,18-21,23-24,33H2,(H,35,38)/b4-2-,17-3-. The number of likely N-dealkylation sites (tertiary alicyclic amines) is 2. The number of nitrogens with one attached hydrogen (secondary N) is 1. The third-order valence-corrected chi connectivity index (χ3v) is 7.35. The number of ether oxygens (including phenoxy) is 1. The van der Waals surface area contributed by atoms with Crippen LogP contribution >= 0.6 is 0 Å². The molecule has 1 amide bonds. The lowest BCUT2D eigenvalue weighted by molar-refractivity contribution is 0.0912. The molecule has 0 unspecified atom stereocenters. The summed E-state index contributed by atoms with van der Waals surface area (Å²) in [6, 6.07) is 17.7. The van der Waals surface area contributed by atoms with E-state index in [1.165, 1.54) is 11.8 Å². The van der Waals surface area contributed by atoms with E-state index < -0.39 is 0 Å². The molecule has 7 heteroatoms. The van der Waals surface area contributed by atoms with Crippen molar-refractivity contribution in [2.45, 2.75) is 44.4 Å². The van der Waals surface area contributed by atoms with Gasteiger partial charge in [0, 0.05) is 50.9 Å². The van der Waals surface area contributed by atoms with E-state index in [0.29, 0.717) is 11.1 Å². The van der Waals surface area contributed by atoms with E-state index in [0.717, 1.165) is 76.3 Å². The number of allylic oxidation sites excluding steroid dienone is 2. The van der Waals surface area contributed by atoms with Crippen molar-refractivity contribution in [3.8, 4) is 11.8 Å². The van der Waals surface area contributed by atoms with Gasteiger partial charge in [0.2, 0.25) is 0 Å². The lowest BCUT2D eigenvalue weighted by atomic mass is 10.0. The second-order valence-electron chi connectivity index (χ2n) is 10.4. The second-order valence-corrected chi connectivity index (χ2v) is 10.4. The molecule has 0 atom stereocenters. The third kappa shape index (κ3) is 8.85. The highest BCUT2D eigenvalue weighted by Gasteiger charge is 2.22. The summed E-state index contributed by atoms with van der Waals surface area (Å²) in [5, 5.41) is 12.2. The van der Waals surface area contributed by atoms with Crippen LogP contribution in [0.4, 0.5) is 0 Å². The first-order valence-electron chi connectivity index (χ1n) is 13.8. The number of carbonyl (C=O) groups is 1. The van der Waals surface area contributed by atoms with Gasteiger partial charge in [-0.05, 0) is 85.5 Å². The van der Waals surface area contributed by atoms with E-state index in [-0.39, 0.29) is 18.1 Å². The van der Waals surface area contributed by atoms with Gasteiger partial charge in [0.25, 0.3) is 5.91 Å². The Morgan fingerprint density at radius 3 is 2.31 bits per heavy atom. The topological polar surface area (TPSA) is 94.6 Å². The first kappa shape index (κ1) is 28.2. The first-order valence-corrected chi connectivity index (χ1v) is 13.8. The summed E-state index contributed by atoms with van der Waals surface area (Å²) in [5.41, 5.74) is 8.98. The maximum absolute atomic E-state index is 12.8. The number of hydrogen-bond acceptors (Lipinski definition) is 6. The number of nitrogens with two attached hydrogens (primary N) is 1. The van der Waals surface area contributed by atoms with Crippen molar-refractivity contribution < 1.29 is 9.53 Å². The van der Waals surface area contributed by atoms with Crippen LogP contribution in [0.5, 0.6) is 5.75 Å². The molecule has 0 bridgehead atoms. The zero-order valence-electron chi connectivity index (χ0n) is 22.6. The lowest BCUT2D eigenvalue weighted by Crippen LogP contribution is -2.45. The van der Waals surface area contributed by atoms with Crippen LogP contribution in [0.2, 0.25) is 0 Å². The molecule has 0 saturated carbocycles. The first-order chi connectivity index (χ1) is 19.0. The Labute approximate surface area is 232 Å². The predicted molar refractivity (Wildman–Crippen MR) is 155 cm³/mol. The molecule has 204 valence electrons. The van der Waals surface area contributed by atoms with Crippen LogP contribution in [-0.2, 0) is 6.54 Å². The van der Waals surface area contributed by atoms with E-state index >= 15 is 0 Å². The highest BCUT2D eigenvalue weighted by Crippen LogP contribution is 2.21. The van der Waals surface area contributed by atoms with Gasteiger partial charge in [-0.2, -0.15) is 5.26 Å². The molecule has 2 heterocycles. The molecule has 0 aliphatic carbocycles. The molecule has 7 nitrogen and oxygen atoms in total. The Hall–Kier alpha value is -3.86. The van der Waals surface area contributed by atoms with E-state index in [4.69, 9.17) is 15.7 Å². The molecule has 2 saturated heterocycles. The largest absolute Gasteiger partial charge is 0.490 e. The van der Waals surface area contributed by atoms with Crippen molar-refractivity contribution in [2.75, 3.05) is 32.7 Å². The summed E-state index contributed by atoms with van der Waals surface area (Å²) in [5.74, 6) is 0.777. The molecule has 2 aliphatic rings. The minimum Gasteiger partial charge on any atom is -0.490 e. The number of piperidine rings is 2. The van der Waals surface area contributed by atoms with Crippen LogP contribution in [0.3, 0.4) is 0 Å². The Balaban J connectivity index is 1.16. The molecule has 4 rings (SSSR count). The van der Waals surface area contributed by atoms with Crippen molar-refractivity contribution in [2.24, 2.45) is 5.73 Å². The van der Waals surface area contributed by atoms with Crippen LogP contribution in [-0.4, -0.2) is 60.6 Å². The summed E-state index contributed by atoms with van der Waals surface area (Å²) in [6.07, 6.45) is 11.1. The van der Waals surface area contributed by atoms with Gasteiger partial charge in [0.05, 0.1) is 11.6 Å². The van der Waals surface area contributed by atoms with Gasteiger partial charge in [-0.15, -0.1) is 0 Å². The summed E-state index contributed by atoms with van der Waals surface area (Å²) < 4.78 is 6.22. The number of amides is 1. The molecular weight excluding hydrogens is 486 g/mol. The Morgan fingerprint density at radius 2 is 1.67 bits per heavy atom. The molecule has 3 N–H and O–H groups in total. The van der Waals surface area contributed by atoms with Crippen LogP contribution in [0, 0.1) is 11.3 Å². The van der Waals surface area contributed by atoms with E-state index in [1.54, 1.807) is 6.08 Å². The van der Waals surface area contributed by atoms with Gasteiger partial charge >= 0.3 is 0 Å². The van der Waals surface area contributed by atoms with Gasteiger partial charge in [0.1, 0.15) is 11.9 Å². The summed E-state index contributed by atoms with van der Waals surface area (Å²) in [6.45, 7) is 9.63. The van der Waals surface area contributed by atoms with Crippen LogP contribution < -0.4 is 15.8 Å². The van der Waals surface area contributed by atoms with Crippen LogP contribution in [0.15, 0.2) is 85.1 Å². The Bertz CT molecular complexity index is 1180. The molecule has 0 radical (unpaired) electrons. The fourth-order valence-corrected chi connectivity index (χ4v) is 5.11. The molecule has 0 spiro atoms. The third-order valence-electron chi connectivity index (χ3n) is 7.35. The maximum Gasteiger partial charge on any atom is 0.251 e. The van der Waals surface area contributed by atoms with Gasteiger partial charge in [-0.3, -0.25) is 14.6 Å². The normalized spacial score (nSPS) is 17.8. The molecule has 2 fully saturated rings. The molecule has 2 aliphatic heterocycles. The van der Waals surface area contributed by atoms with Gasteiger partial charge < -0.3 is 15.8 Å². The number of carbonyl (C=O) groups excluding carboxylic acids is 1. The zero-order valence-corrected chi connectivity index (χ0v) is 22.6. The average molecular weight is 526 g/mol. The number of benzene rings is 2. The second kappa shape index (κ2) is 14.3. The fourth-order valence-electron chi connectivity index (χ4n) is 5.11. The number of nitriles is 1. The predicted octanol–water partition coefficient (Wildman–Crippen LogP) is 4.38. The van der Waals surface area contributed by atoms with E-state index in [2.05, 4.69) is 27.8 Å². The van der Waals surface area contributed by atoms with Crippen molar-refractivity contribution in [3.63, 3.8) is 0 Å². The van der Waals surface area contributed by atoms with Gasteiger partial charge in [0.15, 0.2) is 0 Å². The maximum atomic E-state index is 12.8. The van der Waals surface area contributed by atoms with Crippen molar-refractivity contribution in [1.29, 1.82) is 5.26 Å². The molecular formula is C32H39N5O2.